The fraction of sp³-hybridized carbons (Fsp3) is 0.500. The number of hydrogen-bond acceptors (Lipinski definition) is 3. The number of guanidine groups is 1. The Bertz CT molecular complexity index is 783. The van der Waals surface area contributed by atoms with E-state index in [1.165, 1.54) is 24.1 Å². The van der Waals surface area contributed by atoms with E-state index in [0.717, 1.165) is 35.5 Å². The first-order valence-corrected chi connectivity index (χ1v) is 9.22. The minimum absolute atomic E-state index is 0. The Morgan fingerprint density at radius 1 is 1.22 bits per heavy atom. The zero-order valence-corrected chi connectivity index (χ0v) is 18.9. The number of benzene rings is 1. The summed E-state index contributed by atoms with van der Waals surface area (Å²) < 4.78 is 7.89. The first kappa shape index (κ1) is 21.5. The van der Waals surface area contributed by atoms with Crippen LogP contribution in [-0.2, 0) is 20.1 Å². The highest BCUT2D eigenvalue weighted by molar-refractivity contribution is 14.0. The summed E-state index contributed by atoms with van der Waals surface area (Å²) in [5, 5.41) is 11.2. The molecule has 1 aromatic heterocycles. The predicted octanol–water partition coefficient (Wildman–Crippen LogP) is 3.31. The minimum Gasteiger partial charge on any atom is -0.493 e. The van der Waals surface area contributed by atoms with Crippen molar-refractivity contribution in [1.82, 2.24) is 20.4 Å². The monoisotopic (exact) mass is 483 g/mol. The highest BCUT2D eigenvalue weighted by atomic mass is 127. The van der Waals surface area contributed by atoms with Crippen molar-refractivity contribution in [1.29, 1.82) is 0 Å². The summed E-state index contributed by atoms with van der Waals surface area (Å²) in [6.45, 7) is 6.31. The lowest BCUT2D eigenvalue weighted by molar-refractivity contribution is 0.296. The van der Waals surface area contributed by atoms with Gasteiger partial charge in [0.05, 0.1) is 12.3 Å². The smallest absolute Gasteiger partial charge is 0.191 e. The minimum atomic E-state index is 0. The molecular formula is C20H30IN5O. The van der Waals surface area contributed by atoms with Gasteiger partial charge in [0.25, 0.3) is 0 Å². The number of nitrogens with one attached hydrogen (secondary N) is 2. The average molecular weight is 483 g/mol. The number of para-hydroxylation sites is 1. The topological polar surface area (TPSA) is 63.5 Å². The number of rotatable bonds is 7. The number of hydrogen-bond donors (Lipinski definition) is 2. The van der Waals surface area contributed by atoms with Gasteiger partial charge in [0.15, 0.2) is 5.96 Å². The molecule has 1 aliphatic carbocycles. The van der Waals surface area contributed by atoms with Gasteiger partial charge >= 0.3 is 0 Å². The fourth-order valence-electron chi connectivity index (χ4n) is 2.93. The maximum absolute atomic E-state index is 5.98. The number of aliphatic imine (C=N–C) groups is 1. The van der Waals surface area contributed by atoms with Crippen molar-refractivity contribution >= 4 is 29.9 Å². The van der Waals surface area contributed by atoms with Crippen LogP contribution in [0.5, 0.6) is 5.75 Å². The molecule has 1 fully saturated rings. The lowest BCUT2D eigenvalue weighted by atomic mass is 10.2. The van der Waals surface area contributed by atoms with E-state index >= 15 is 0 Å². The van der Waals surface area contributed by atoms with Crippen LogP contribution >= 0.6 is 24.0 Å². The highest BCUT2D eigenvalue weighted by Gasteiger charge is 2.22. The molecule has 1 heterocycles. The molecule has 0 aliphatic heterocycles. The molecule has 27 heavy (non-hydrogen) atoms. The molecule has 1 aliphatic rings. The SMILES string of the molecule is CN=C(NCc1ccccc1OCC1CC1)NCc1c(C)nn(C)c1C.I. The Kier molecular flexibility index (Phi) is 7.94. The summed E-state index contributed by atoms with van der Waals surface area (Å²) in [5.41, 5.74) is 4.57. The van der Waals surface area contributed by atoms with Crippen LogP contribution in [0.4, 0.5) is 0 Å². The maximum atomic E-state index is 5.98. The summed E-state index contributed by atoms with van der Waals surface area (Å²) in [4.78, 5) is 4.32. The van der Waals surface area contributed by atoms with E-state index in [0.29, 0.717) is 13.1 Å². The molecule has 1 saturated carbocycles. The van der Waals surface area contributed by atoms with E-state index < -0.39 is 0 Å². The van der Waals surface area contributed by atoms with Crippen molar-refractivity contribution in [2.45, 2.75) is 39.8 Å². The van der Waals surface area contributed by atoms with Crippen molar-refractivity contribution in [2.24, 2.45) is 18.0 Å². The van der Waals surface area contributed by atoms with Gasteiger partial charge in [-0.05, 0) is 38.7 Å². The van der Waals surface area contributed by atoms with Crippen molar-refractivity contribution < 1.29 is 4.74 Å². The number of aromatic nitrogens is 2. The summed E-state index contributed by atoms with van der Waals surface area (Å²) in [6.07, 6.45) is 2.59. The van der Waals surface area contributed by atoms with Crippen molar-refractivity contribution in [3.05, 3.63) is 46.8 Å². The first-order chi connectivity index (χ1) is 12.6. The number of ether oxygens (including phenoxy) is 1. The molecule has 0 bridgehead atoms. The quantitative estimate of drug-likeness (QED) is 0.361. The molecule has 0 saturated heterocycles. The van der Waals surface area contributed by atoms with Gasteiger partial charge in [-0.2, -0.15) is 5.10 Å². The largest absolute Gasteiger partial charge is 0.493 e. The maximum Gasteiger partial charge on any atom is 0.191 e. The van der Waals surface area contributed by atoms with E-state index in [1.54, 1.807) is 7.05 Å². The third kappa shape index (κ3) is 5.85. The summed E-state index contributed by atoms with van der Waals surface area (Å²) in [5.74, 6) is 2.47. The van der Waals surface area contributed by atoms with Crippen LogP contribution in [0.15, 0.2) is 29.3 Å². The summed E-state index contributed by atoms with van der Waals surface area (Å²) in [7, 11) is 3.76. The van der Waals surface area contributed by atoms with Crippen LogP contribution in [0.25, 0.3) is 0 Å². The molecule has 0 amide bonds. The van der Waals surface area contributed by atoms with Crippen LogP contribution in [0.3, 0.4) is 0 Å². The normalized spacial score (nSPS) is 13.9. The van der Waals surface area contributed by atoms with Crippen LogP contribution < -0.4 is 15.4 Å². The zero-order chi connectivity index (χ0) is 18.5. The van der Waals surface area contributed by atoms with Gasteiger partial charge in [-0.25, -0.2) is 0 Å². The molecular weight excluding hydrogens is 453 g/mol. The van der Waals surface area contributed by atoms with Crippen LogP contribution in [-0.4, -0.2) is 29.4 Å². The zero-order valence-electron chi connectivity index (χ0n) is 16.6. The van der Waals surface area contributed by atoms with E-state index in [1.807, 2.05) is 36.9 Å². The second kappa shape index (κ2) is 9.96. The molecule has 0 radical (unpaired) electrons. The fourth-order valence-corrected chi connectivity index (χ4v) is 2.93. The first-order valence-electron chi connectivity index (χ1n) is 9.22. The van der Waals surface area contributed by atoms with Gasteiger partial charge in [0, 0.05) is 44.0 Å². The molecule has 0 spiro atoms. The molecule has 0 atom stereocenters. The van der Waals surface area contributed by atoms with Crippen LogP contribution in [0.1, 0.15) is 35.4 Å². The Morgan fingerprint density at radius 2 is 1.93 bits per heavy atom. The predicted molar refractivity (Wildman–Crippen MR) is 120 cm³/mol. The van der Waals surface area contributed by atoms with Gasteiger partial charge in [0.1, 0.15) is 5.75 Å². The molecule has 3 rings (SSSR count). The molecule has 2 N–H and O–H groups in total. The van der Waals surface area contributed by atoms with Gasteiger partial charge in [0.2, 0.25) is 0 Å². The molecule has 148 valence electrons. The second-order valence-corrected chi connectivity index (χ2v) is 6.91. The van der Waals surface area contributed by atoms with Gasteiger partial charge < -0.3 is 15.4 Å². The Labute approximate surface area is 178 Å². The van der Waals surface area contributed by atoms with Gasteiger partial charge in [-0.1, -0.05) is 18.2 Å². The standard InChI is InChI=1S/C20H29N5O.HI/c1-14-18(15(2)25(4)24-14)12-23-20(21-3)22-11-17-7-5-6-8-19(17)26-13-16-9-10-16;/h5-8,16H,9-13H2,1-4H3,(H2,21,22,23);1H. The molecule has 2 aromatic rings. The van der Waals surface area contributed by atoms with Gasteiger partial charge in [-0.15, -0.1) is 24.0 Å². The Balaban J connectivity index is 0.00000261. The van der Waals surface area contributed by atoms with Crippen molar-refractivity contribution in [3.8, 4) is 5.75 Å². The van der Waals surface area contributed by atoms with E-state index in [9.17, 15) is 0 Å². The third-order valence-corrected chi connectivity index (χ3v) is 4.91. The Morgan fingerprint density at radius 3 is 2.56 bits per heavy atom. The molecule has 1 aromatic carbocycles. The Hall–Kier alpha value is -1.77. The van der Waals surface area contributed by atoms with Crippen molar-refractivity contribution in [2.75, 3.05) is 13.7 Å². The number of aryl methyl sites for hydroxylation is 2. The second-order valence-electron chi connectivity index (χ2n) is 6.91. The number of nitrogens with zero attached hydrogens (tertiary/aromatic N) is 3. The van der Waals surface area contributed by atoms with Crippen LogP contribution in [0, 0.1) is 19.8 Å². The molecule has 7 heteroatoms. The summed E-state index contributed by atoms with van der Waals surface area (Å²) in [6, 6.07) is 8.20. The van der Waals surface area contributed by atoms with E-state index in [-0.39, 0.29) is 24.0 Å². The highest BCUT2D eigenvalue weighted by Crippen LogP contribution is 2.30. The van der Waals surface area contributed by atoms with E-state index in [4.69, 9.17) is 4.74 Å². The average Bonchev–Trinajstić information content (AvgIpc) is 3.43. The lowest BCUT2D eigenvalue weighted by Crippen LogP contribution is -2.36. The summed E-state index contributed by atoms with van der Waals surface area (Å²) >= 11 is 0. The van der Waals surface area contributed by atoms with E-state index in [2.05, 4.69) is 33.7 Å². The molecule has 6 nitrogen and oxygen atoms in total. The number of halogens is 1. The van der Waals surface area contributed by atoms with Crippen LogP contribution in [0.2, 0.25) is 0 Å². The molecule has 0 unspecified atom stereocenters. The lowest BCUT2D eigenvalue weighted by Gasteiger charge is -2.15. The third-order valence-electron chi connectivity index (χ3n) is 4.91. The van der Waals surface area contributed by atoms with Crippen molar-refractivity contribution in [3.63, 3.8) is 0 Å². The van der Waals surface area contributed by atoms with Gasteiger partial charge in [-0.3, -0.25) is 9.67 Å².